The first kappa shape index (κ1) is 20.2. The van der Waals surface area contributed by atoms with E-state index in [9.17, 15) is 9.59 Å². The molecule has 0 spiro atoms. The van der Waals surface area contributed by atoms with E-state index in [1.807, 2.05) is 41.3 Å². The van der Waals surface area contributed by atoms with Crippen LogP contribution < -0.4 is 10.4 Å². The van der Waals surface area contributed by atoms with E-state index in [4.69, 9.17) is 9.15 Å². The molecule has 156 valence electrons. The molecule has 2 aromatic carbocycles. The van der Waals surface area contributed by atoms with Gasteiger partial charge in [0.1, 0.15) is 11.3 Å². The molecule has 0 radical (unpaired) electrons. The Balaban J connectivity index is 1.65. The Bertz CT molecular complexity index is 1100. The Hall–Kier alpha value is -3.12. The van der Waals surface area contributed by atoms with E-state index < -0.39 is 5.63 Å². The van der Waals surface area contributed by atoms with Crippen LogP contribution in [0.15, 0.2) is 57.7 Å². The van der Waals surface area contributed by atoms with Crippen molar-refractivity contribution < 1.29 is 13.9 Å². The molecule has 1 aliphatic heterocycles. The second kappa shape index (κ2) is 8.71. The number of nitrogens with zero attached hydrogens (tertiary/aromatic N) is 2. The average molecular weight is 406 g/mol. The molecule has 6 nitrogen and oxygen atoms in total. The molecule has 0 N–H and O–H groups in total. The van der Waals surface area contributed by atoms with Crippen molar-refractivity contribution in [2.24, 2.45) is 0 Å². The Morgan fingerprint density at radius 1 is 1.07 bits per heavy atom. The van der Waals surface area contributed by atoms with Crippen molar-refractivity contribution in [2.75, 3.05) is 40.3 Å². The molecule has 1 saturated heterocycles. The fourth-order valence-electron chi connectivity index (χ4n) is 3.93. The van der Waals surface area contributed by atoms with Crippen molar-refractivity contribution in [1.29, 1.82) is 0 Å². The molecule has 1 aromatic heterocycles. The van der Waals surface area contributed by atoms with Gasteiger partial charge in [0.15, 0.2) is 0 Å². The number of aryl methyl sites for hydroxylation is 1. The monoisotopic (exact) mass is 406 g/mol. The molecule has 2 heterocycles. The van der Waals surface area contributed by atoms with E-state index in [0.29, 0.717) is 24.2 Å². The number of methoxy groups -OCH3 is 1. The molecule has 1 amide bonds. The van der Waals surface area contributed by atoms with Gasteiger partial charge in [0.2, 0.25) is 5.91 Å². The van der Waals surface area contributed by atoms with Crippen molar-refractivity contribution in [3.63, 3.8) is 0 Å². The highest BCUT2D eigenvalue weighted by molar-refractivity contribution is 5.94. The predicted molar refractivity (Wildman–Crippen MR) is 117 cm³/mol. The van der Waals surface area contributed by atoms with Crippen LogP contribution in [0.2, 0.25) is 0 Å². The summed E-state index contributed by atoms with van der Waals surface area (Å²) in [5.41, 5.74) is 2.77. The fraction of sp³-hybridized carbons (Fsp3) is 0.333. The molecule has 3 aromatic rings. The highest BCUT2D eigenvalue weighted by atomic mass is 16.5. The van der Waals surface area contributed by atoms with Crippen LogP contribution in [0.5, 0.6) is 5.75 Å². The van der Waals surface area contributed by atoms with Gasteiger partial charge in [-0.2, -0.15) is 0 Å². The number of fused-ring (bicyclic) bond motifs is 1. The lowest BCUT2D eigenvalue weighted by molar-refractivity contribution is -0.132. The summed E-state index contributed by atoms with van der Waals surface area (Å²) < 4.78 is 11.0. The fourth-order valence-corrected chi connectivity index (χ4v) is 3.93. The smallest absolute Gasteiger partial charge is 0.336 e. The van der Waals surface area contributed by atoms with Gasteiger partial charge in [0, 0.05) is 50.1 Å². The molecule has 1 fully saturated rings. The summed E-state index contributed by atoms with van der Waals surface area (Å²) in [5.74, 6) is 0.787. The average Bonchev–Trinajstić information content (AvgIpc) is 2.77. The van der Waals surface area contributed by atoms with Crippen LogP contribution >= 0.6 is 0 Å². The van der Waals surface area contributed by atoms with E-state index in [0.717, 1.165) is 48.3 Å². The molecule has 0 saturated carbocycles. The zero-order chi connectivity index (χ0) is 21.1. The van der Waals surface area contributed by atoms with Gasteiger partial charge in [0.25, 0.3) is 0 Å². The molecule has 0 unspecified atom stereocenters. The molecular formula is C24H26N2O4. The van der Waals surface area contributed by atoms with Crippen molar-refractivity contribution in [3.05, 3.63) is 64.5 Å². The summed E-state index contributed by atoms with van der Waals surface area (Å²) in [6.07, 6.45) is 0.987. The van der Waals surface area contributed by atoms with Crippen molar-refractivity contribution in [1.82, 2.24) is 9.80 Å². The lowest BCUT2D eigenvalue weighted by Gasteiger charge is -2.32. The van der Waals surface area contributed by atoms with Crippen molar-refractivity contribution >= 4 is 16.9 Å². The zero-order valence-corrected chi connectivity index (χ0v) is 17.4. The summed E-state index contributed by atoms with van der Waals surface area (Å²) in [5, 5.41) is 0.837. The highest BCUT2D eigenvalue weighted by Crippen LogP contribution is 2.33. The van der Waals surface area contributed by atoms with Crippen LogP contribution in [0.1, 0.15) is 12.0 Å². The quantitative estimate of drug-likeness (QED) is 0.609. The third-order valence-corrected chi connectivity index (χ3v) is 5.69. The third kappa shape index (κ3) is 4.24. The van der Waals surface area contributed by atoms with E-state index >= 15 is 0 Å². The maximum Gasteiger partial charge on any atom is 0.336 e. The second-order valence-corrected chi connectivity index (χ2v) is 7.69. The van der Waals surface area contributed by atoms with Crippen LogP contribution in [0.25, 0.3) is 22.1 Å². The van der Waals surface area contributed by atoms with E-state index in [-0.39, 0.29) is 5.91 Å². The highest BCUT2D eigenvalue weighted by Gasteiger charge is 2.20. The minimum absolute atomic E-state index is 0.160. The van der Waals surface area contributed by atoms with E-state index in [2.05, 4.69) is 11.9 Å². The summed E-state index contributed by atoms with van der Waals surface area (Å²) in [4.78, 5) is 29.0. The van der Waals surface area contributed by atoms with Gasteiger partial charge >= 0.3 is 5.63 Å². The van der Waals surface area contributed by atoms with Crippen molar-refractivity contribution in [3.8, 4) is 16.9 Å². The normalized spacial score (nSPS) is 14.8. The standard InChI is InChI=1S/C24H26N2O4/c1-25-10-12-26(13-11-25)23(27)9-8-18-14-20-19(17-6-4-3-5-7-17)15-24(28)30-22(20)16-21(18)29-2/h3-7,14-16H,8-13H2,1-2H3. The number of carbonyl (C=O) groups excluding carboxylic acids is 1. The number of carbonyl (C=O) groups is 1. The van der Waals surface area contributed by atoms with Gasteiger partial charge in [-0.1, -0.05) is 30.3 Å². The summed E-state index contributed by atoms with van der Waals surface area (Å²) in [6.45, 7) is 3.36. The van der Waals surface area contributed by atoms with Gasteiger partial charge in [-0.25, -0.2) is 4.79 Å². The number of ether oxygens (including phenoxy) is 1. The van der Waals surface area contributed by atoms with Crippen LogP contribution in [0.3, 0.4) is 0 Å². The molecule has 4 rings (SSSR count). The lowest BCUT2D eigenvalue weighted by atomic mass is 9.98. The summed E-state index contributed by atoms with van der Waals surface area (Å²) in [7, 11) is 3.66. The minimum Gasteiger partial charge on any atom is -0.496 e. The first-order valence-electron chi connectivity index (χ1n) is 10.2. The molecule has 0 bridgehead atoms. The Labute approximate surface area is 175 Å². The van der Waals surface area contributed by atoms with Gasteiger partial charge in [-0.05, 0) is 36.2 Å². The van der Waals surface area contributed by atoms with Gasteiger partial charge in [-0.15, -0.1) is 0 Å². The van der Waals surface area contributed by atoms with Crippen LogP contribution in [0.4, 0.5) is 0 Å². The Morgan fingerprint density at radius 2 is 1.80 bits per heavy atom. The van der Waals surface area contributed by atoms with Crippen LogP contribution in [-0.4, -0.2) is 56.0 Å². The number of rotatable bonds is 5. The maximum atomic E-state index is 12.7. The van der Waals surface area contributed by atoms with Gasteiger partial charge in [0.05, 0.1) is 7.11 Å². The first-order chi connectivity index (χ1) is 14.5. The lowest BCUT2D eigenvalue weighted by Crippen LogP contribution is -2.47. The molecule has 30 heavy (non-hydrogen) atoms. The summed E-state index contributed by atoms with van der Waals surface area (Å²) in [6, 6.07) is 15.0. The Morgan fingerprint density at radius 3 is 2.50 bits per heavy atom. The first-order valence-corrected chi connectivity index (χ1v) is 10.2. The van der Waals surface area contributed by atoms with Gasteiger partial charge < -0.3 is 19.0 Å². The van der Waals surface area contributed by atoms with Gasteiger partial charge in [-0.3, -0.25) is 4.79 Å². The topological polar surface area (TPSA) is 63.0 Å². The minimum atomic E-state index is -0.401. The van der Waals surface area contributed by atoms with Crippen molar-refractivity contribution in [2.45, 2.75) is 12.8 Å². The number of benzene rings is 2. The molecular weight excluding hydrogens is 380 g/mol. The Kier molecular flexibility index (Phi) is 5.86. The second-order valence-electron chi connectivity index (χ2n) is 7.69. The third-order valence-electron chi connectivity index (χ3n) is 5.69. The predicted octanol–water partition coefficient (Wildman–Crippen LogP) is 3.18. The number of hydrogen-bond acceptors (Lipinski definition) is 5. The summed E-state index contributed by atoms with van der Waals surface area (Å²) >= 11 is 0. The van der Waals surface area contributed by atoms with E-state index in [1.165, 1.54) is 6.07 Å². The SMILES string of the molecule is COc1cc2oc(=O)cc(-c3ccccc3)c2cc1CCC(=O)N1CCN(C)CC1. The number of hydrogen-bond donors (Lipinski definition) is 0. The van der Waals surface area contributed by atoms with E-state index in [1.54, 1.807) is 13.2 Å². The number of likely N-dealkylation sites (N-methyl/N-ethyl adjacent to an activating group) is 1. The largest absolute Gasteiger partial charge is 0.496 e. The van der Waals surface area contributed by atoms with Crippen LogP contribution in [-0.2, 0) is 11.2 Å². The molecule has 6 heteroatoms. The number of amides is 1. The molecule has 1 aliphatic rings. The molecule has 0 aliphatic carbocycles. The maximum absolute atomic E-state index is 12.7. The zero-order valence-electron chi connectivity index (χ0n) is 17.4. The number of piperazine rings is 1. The van der Waals surface area contributed by atoms with Crippen LogP contribution in [0, 0.1) is 0 Å². The molecule has 0 atom stereocenters.